The number of ether oxygens (including phenoxy) is 1. The molecule has 0 saturated heterocycles. The summed E-state index contributed by atoms with van der Waals surface area (Å²) in [6.07, 6.45) is 1.69. The largest absolute Gasteiger partial charge is 0.491 e. The van der Waals surface area contributed by atoms with Gasteiger partial charge in [-0.2, -0.15) is 0 Å². The van der Waals surface area contributed by atoms with Crippen LogP contribution >= 0.6 is 11.6 Å². The van der Waals surface area contributed by atoms with Crippen molar-refractivity contribution in [2.75, 3.05) is 6.61 Å². The van der Waals surface area contributed by atoms with Gasteiger partial charge in [0.1, 0.15) is 10.9 Å². The predicted octanol–water partition coefficient (Wildman–Crippen LogP) is 4.31. The van der Waals surface area contributed by atoms with Gasteiger partial charge in [-0.05, 0) is 5.41 Å². The van der Waals surface area contributed by atoms with Gasteiger partial charge in [-0.25, -0.2) is 4.98 Å². The van der Waals surface area contributed by atoms with Gasteiger partial charge in [-0.1, -0.05) is 56.6 Å². The molecular formula is C14H16ClNO. The van der Waals surface area contributed by atoms with E-state index in [-0.39, 0.29) is 5.41 Å². The quantitative estimate of drug-likeness (QED) is 0.740. The van der Waals surface area contributed by atoms with Crippen molar-refractivity contribution in [2.45, 2.75) is 20.8 Å². The van der Waals surface area contributed by atoms with Crippen molar-refractivity contribution in [3.05, 3.63) is 35.6 Å². The highest BCUT2D eigenvalue weighted by molar-refractivity contribution is 6.34. The Morgan fingerprint density at radius 2 is 1.82 bits per heavy atom. The van der Waals surface area contributed by atoms with E-state index >= 15 is 0 Å². The molecule has 0 aliphatic carbocycles. The first kappa shape index (κ1) is 12.2. The first-order valence-corrected chi connectivity index (χ1v) is 6.01. The number of fused-ring (bicyclic) bond motifs is 1. The number of hydrogen-bond acceptors (Lipinski definition) is 2. The van der Waals surface area contributed by atoms with Gasteiger partial charge in [0, 0.05) is 10.8 Å². The van der Waals surface area contributed by atoms with Crippen LogP contribution in [0.25, 0.3) is 10.8 Å². The van der Waals surface area contributed by atoms with E-state index in [0.29, 0.717) is 11.8 Å². The number of nitrogens with zero attached hydrogens (tertiary/aromatic N) is 1. The highest BCUT2D eigenvalue weighted by Crippen LogP contribution is 2.30. The van der Waals surface area contributed by atoms with Crippen molar-refractivity contribution in [2.24, 2.45) is 5.41 Å². The molecule has 0 fully saturated rings. The third-order valence-electron chi connectivity index (χ3n) is 2.37. The number of benzene rings is 1. The predicted molar refractivity (Wildman–Crippen MR) is 71.7 cm³/mol. The second-order valence-corrected chi connectivity index (χ2v) is 5.67. The van der Waals surface area contributed by atoms with E-state index in [2.05, 4.69) is 25.8 Å². The summed E-state index contributed by atoms with van der Waals surface area (Å²) in [5.74, 6) is 0.792. The Morgan fingerprint density at radius 3 is 2.47 bits per heavy atom. The molecule has 2 aromatic rings. The maximum Gasteiger partial charge on any atom is 0.145 e. The minimum atomic E-state index is 0.126. The van der Waals surface area contributed by atoms with E-state index in [1.54, 1.807) is 6.20 Å². The second kappa shape index (κ2) is 4.53. The fourth-order valence-corrected chi connectivity index (χ4v) is 1.76. The summed E-state index contributed by atoms with van der Waals surface area (Å²) in [5.41, 5.74) is 0.126. The van der Waals surface area contributed by atoms with Crippen molar-refractivity contribution < 1.29 is 4.74 Å². The third kappa shape index (κ3) is 2.89. The monoisotopic (exact) mass is 249 g/mol. The molecule has 0 bridgehead atoms. The standard InChI is InChI=1S/C14H16ClNO/c1-14(2,3)9-17-12-8-16-13(15)11-7-5-4-6-10(11)12/h4-8H,9H2,1-3H3. The van der Waals surface area contributed by atoms with Gasteiger partial charge in [-0.15, -0.1) is 0 Å². The molecule has 0 atom stereocenters. The first-order valence-electron chi connectivity index (χ1n) is 5.63. The smallest absolute Gasteiger partial charge is 0.145 e. The van der Waals surface area contributed by atoms with Crippen molar-refractivity contribution in [1.82, 2.24) is 4.98 Å². The van der Waals surface area contributed by atoms with E-state index < -0.39 is 0 Å². The van der Waals surface area contributed by atoms with Crippen LogP contribution in [0.4, 0.5) is 0 Å². The van der Waals surface area contributed by atoms with Crippen LogP contribution in [0.2, 0.25) is 5.15 Å². The lowest BCUT2D eigenvalue weighted by molar-refractivity contribution is 0.199. The third-order valence-corrected chi connectivity index (χ3v) is 2.67. The van der Waals surface area contributed by atoms with Crippen molar-refractivity contribution >= 4 is 22.4 Å². The summed E-state index contributed by atoms with van der Waals surface area (Å²) >= 11 is 6.05. The average Bonchev–Trinajstić information content (AvgIpc) is 2.27. The Morgan fingerprint density at radius 1 is 1.18 bits per heavy atom. The molecule has 0 saturated carbocycles. The van der Waals surface area contributed by atoms with Crippen LogP contribution in [0.3, 0.4) is 0 Å². The van der Waals surface area contributed by atoms with Gasteiger partial charge in [0.15, 0.2) is 0 Å². The van der Waals surface area contributed by atoms with Crippen LogP contribution in [0, 0.1) is 5.41 Å². The number of halogens is 1. The molecule has 2 rings (SSSR count). The lowest BCUT2D eigenvalue weighted by Gasteiger charge is -2.19. The Labute approximate surface area is 107 Å². The molecule has 1 aromatic carbocycles. The number of pyridine rings is 1. The molecule has 2 nitrogen and oxygen atoms in total. The summed E-state index contributed by atoms with van der Waals surface area (Å²) in [6, 6.07) is 7.88. The van der Waals surface area contributed by atoms with E-state index in [0.717, 1.165) is 16.5 Å². The van der Waals surface area contributed by atoms with Gasteiger partial charge in [0.25, 0.3) is 0 Å². The van der Waals surface area contributed by atoms with Crippen LogP contribution in [0.15, 0.2) is 30.5 Å². The minimum absolute atomic E-state index is 0.126. The zero-order chi connectivity index (χ0) is 12.5. The lowest BCUT2D eigenvalue weighted by Crippen LogP contribution is -2.17. The normalized spacial score (nSPS) is 11.8. The molecule has 90 valence electrons. The molecule has 0 aliphatic heterocycles. The van der Waals surface area contributed by atoms with Crippen LogP contribution in [0.5, 0.6) is 5.75 Å². The summed E-state index contributed by atoms with van der Waals surface area (Å²) < 4.78 is 5.82. The van der Waals surface area contributed by atoms with Gasteiger partial charge in [0.2, 0.25) is 0 Å². The zero-order valence-corrected chi connectivity index (χ0v) is 11.1. The van der Waals surface area contributed by atoms with Crippen LogP contribution in [0.1, 0.15) is 20.8 Å². The SMILES string of the molecule is CC(C)(C)COc1cnc(Cl)c2ccccc12. The van der Waals surface area contributed by atoms with Crippen molar-refractivity contribution in [1.29, 1.82) is 0 Å². The molecular weight excluding hydrogens is 234 g/mol. The topological polar surface area (TPSA) is 22.1 Å². The average molecular weight is 250 g/mol. The summed E-state index contributed by atoms with van der Waals surface area (Å²) in [6.45, 7) is 7.07. The van der Waals surface area contributed by atoms with Crippen LogP contribution in [-0.4, -0.2) is 11.6 Å². The maximum atomic E-state index is 6.05. The second-order valence-electron chi connectivity index (χ2n) is 5.31. The minimum Gasteiger partial charge on any atom is -0.491 e. The molecule has 3 heteroatoms. The molecule has 1 aromatic heterocycles. The van der Waals surface area contributed by atoms with E-state index in [4.69, 9.17) is 16.3 Å². The molecule has 0 radical (unpaired) electrons. The fourth-order valence-electron chi connectivity index (χ4n) is 1.54. The Hall–Kier alpha value is -1.28. The molecule has 1 heterocycles. The van der Waals surface area contributed by atoms with Gasteiger partial charge >= 0.3 is 0 Å². The first-order chi connectivity index (χ1) is 7.97. The van der Waals surface area contributed by atoms with Gasteiger partial charge < -0.3 is 4.74 Å². The number of aromatic nitrogens is 1. The van der Waals surface area contributed by atoms with Crippen molar-refractivity contribution in [3.63, 3.8) is 0 Å². The highest BCUT2D eigenvalue weighted by atomic mass is 35.5. The molecule has 0 amide bonds. The molecule has 0 spiro atoms. The highest BCUT2D eigenvalue weighted by Gasteiger charge is 2.13. The van der Waals surface area contributed by atoms with E-state index in [1.807, 2.05) is 24.3 Å². The summed E-state index contributed by atoms with van der Waals surface area (Å²) in [5, 5.41) is 2.46. The van der Waals surface area contributed by atoms with Gasteiger partial charge in [-0.3, -0.25) is 0 Å². The molecule has 0 unspecified atom stereocenters. The number of rotatable bonds is 2. The summed E-state index contributed by atoms with van der Waals surface area (Å²) in [7, 11) is 0. The maximum absolute atomic E-state index is 6.05. The van der Waals surface area contributed by atoms with Gasteiger partial charge in [0.05, 0.1) is 12.8 Å². The number of hydrogen-bond donors (Lipinski definition) is 0. The Bertz CT molecular complexity index is 531. The Balaban J connectivity index is 2.38. The summed E-state index contributed by atoms with van der Waals surface area (Å²) in [4.78, 5) is 4.15. The van der Waals surface area contributed by atoms with Crippen LogP contribution in [-0.2, 0) is 0 Å². The van der Waals surface area contributed by atoms with Crippen molar-refractivity contribution in [3.8, 4) is 5.75 Å². The van der Waals surface area contributed by atoms with E-state index in [1.165, 1.54) is 0 Å². The molecule has 0 N–H and O–H groups in total. The van der Waals surface area contributed by atoms with Crippen LogP contribution < -0.4 is 4.74 Å². The Kier molecular flexibility index (Phi) is 3.25. The fraction of sp³-hybridized carbons (Fsp3) is 0.357. The molecule has 17 heavy (non-hydrogen) atoms. The molecule has 0 aliphatic rings. The lowest BCUT2D eigenvalue weighted by atomic mass is 9.99. The van der Waals surface area contributed by atoms with E-state index in [9.17, 15) is 0 Å². The zero-order valence-electron chi connectivity index (χ0n) is 10.3.